The van der Waals surface area contributed by atoms with E-state index in [1.165, 1.54) is 0 Å². The predicted octanol–water partition coefficient (Wildman–Crippen LogP) is 5.13. The second-order valence-corrected chi connectivity index (χ2v) is 11.2. The van der Waals surface area contributed by atoms with E-state index in [1.54, 1.807) is 12.4 Å². The van der Waals surface area contributed by atoms with Crippen LogP contribution in [0.3, 0.4) is 0 Å². The molecule has 0 unspecified atom stereocenters. The molecule has 9 heteroatoms. The zero-order chi connectivity index (χ0) is 25.8. The molecule has 0 bridgehead atoms. The van der Waals surface area contributed by atoms with Gasteiger partial charge in [0.2, 0.25) is 0 Å². The number of nitrogens with zero attached hydrogens (tertiary/aromatic N) is 1. The van der Waals surface area contributed by atoms with E-state index < -0.39 is 0 Å². The van der Waals surface area contributed by atoms with Gasteiger partial charge in [-0.1, -0.05) is 17.7 Å². The van der Waals surface area contributed by atoms with Crippen LogP contribution in [0.15, 0.2) is 36.7 Å². The molecule has 2 aliphatic heterocycles. The second kappa shape index (κ2) is 9.04. The Morgan fingerprint density at radius 3 is 2.86 bits per heavy atom. The predicted molar refractivity (Wildman–Crippen MR) is 142 cm³/mol. The number of aromatic amines is 1. The van der Waals surface area contributed by atoms with Crippen LogP contribution in [0.25, 0.3) is 11.3 Å². The van der Waals surface area contributed by atoms with Crippen LogP contribution in [0, 0.1) is 6.92 Å². The summed E-state index contributed by atoms with van der Waals surface area (Å²) in [5.74, 6) is 0.509. The highest BCUT2D eigenvalue weighted by molar-refractivity contribution is 6.31. The smallest absolute Gasteiger partial charge is 0.255 e. The third-order valence-corrected chi connectivity index (χ3v) is 7.94. The Balaban J connectivity index is 1.39. The molecule has 0 radical (unpaired) electrons. The molecule has 1 amide bonds. The summed E-state index contributed by atoms with van der Waals surface area (Å²) in [4.78, 5) is 21.1. The Bertz CT molecular complexity index is 1350. The number of amides is 1. The fraction of sp³-hybridized carbons (Fsp3) is 0.429. The normalized spacial score (nSPS) is 21.3. The molecule has 1 aromatic carbocycles. The SMILES string of the molecule is Cc1c(Cl)cccc1Nc1c(-c2ccncc2OC[C@@H]2COC(C)(C)CO2)[nH]c2c1C(=O)NCC21CC1. The van der Waals surface area contributed by atoms with E-state index in [4.69, 9.17) is 25.8 Å². The molecule has 3 N–H and O–H groups in total. The highest BCUT2D eigenvalue weighted by Gasteiger charge is 2.51. The van der Waals surface area contributed by atoms with Gasteiger partial charge in [-0.15, -0.1) is 0 Å². The van der Waals surface area contributed by atoms with E-state index in [0.717, 1.165) is 41.0 Å². The van der Waals surface area contributed by atoms with E-state index in [9.17, 15) is 4.79 Å². The number of fused-ring (bicyclic) bond motifs is 2. The lowest BCUT2D eigenvalue weighted by molar-refractivity contribution is -0.181. The van der Waals surface area contributed by atoms with Crippen molar-refractivity contribution < 1.29 is 19.0 Å². The molecule has 1 saturated heterocycles. The highest BCUT2D eigenvalue weighted by Crippen LogP contribution is 2.54. The van der Waals surface area contributed by atoms with Crippen LogP contribution in [-0.4, -0.2) is 53.9 Å². The van der Waals surface area contributed by atoms with Gasteiger partial charge in [0.25, 0.3) is 5.91 Å². The average molecular weight is 523 g/mol. The zero-order valence-electron chi connectivity index (χ0n) is 21.2. The molecule has 1 saturated carbocycles. The number of hydrogen-bond acceptors (Lipinski definition) is 6. The fourth-order valence-corrected chi connectivity index (χ4v) is 5.22. The maximum Gasteiger partial charge on any atom is 0.255 e. The molecule has 3 aliphatic rings. The molecular formula is C28H31ClN4O4. The number of hydrogen-bond donors (Lipinski definition) is 3. The molecule has 37 heavy (non-hydrogen) atoms. The molecule has 8 nitrogen and oxygen atoms in total. The molecular weight excluding hydrogens is 492 g/mol. The van der Waals surface area contributed by atoms with Gasteiger partial charge in [-0.3, -0.25) is 9.78 Å². The summed E-state index contributed by atoms with van der Waals surface area (Å²) in [6.07, 6.45) is 5.32. The van der Waals surface area contributed by atoms with Crippen molar-refractivity contribution in [2.75, 3.05) is 31.7 Å². The zero-order valence-corrected chi connectivity index (χ0v) is 22.0. The molecule has 1 aliphatic carbocycles. The van der Waals surface area contributed by atoms with Crippen molar-refractivity contribution in [3.8, 4) is 17.0 Å². The maximum atomic E-state index is 13.2. The standard InChI is InChI=1S/C28H31ClN4O4/c1-16-19(29)5-4-6-20(16)32-24-22-25(28(8-9-28)14-31-26(22)34)33-23(24)18-7-10-30-11-21(18)35-12-17-13-37-27(2,3)15-36-17/h4-7,10-11,17,32-33H,8-9,12-15H2,1-3H3,(H,31,34)/t17-/m1/s1. The molecule has 1 spiro atoms. The number of carbonyl (C=O) groups excluding carboxylic acids is 1. The monoisotopic (exact) mass is 522 g/mol. The molecule has 1 atom stereocenters. The lowest BCUT2D eigenvalue weighted by Gasteiger charge is -2.34. The maximum absolute atomic E-state index is 13.2. The van der Waals surface area contributed by atoms with Crippen molar-refractivity contribution in [2.24, 2.45) is 0 Å². The van der Waals surface area contributed by atoms with Gasteiger partial charge >= 0.3 is 0 Å². The lowest BCUT2D eigenvalue weighted by Crippen LogP contribution is -2.44. The fourth-order valence-electron chi connectivity index (χ4n) is 5.04. The highest BCUT2D eigenvalue weighted by atomic mass is 35.5. The van der Waals surface area contributed by atoms with Gasteiger partial charge in [0.1, 0.15) is 18.5 Å². The van der Waals surface area contributed by atoms with E-state index in [2.05, 4.69) is 20.6 Å². The Kier molecular flexibility index (Phi) is 5.93. The summed E-state index contributed by atoms with van der Waals surface area (Å²) in [6.45, 7) is 7.92. The third-order valence-electron chi connectivity index (χ3n) is 7.53. The van der Waals surface area contributed by atoms with Gasteiger partial charge in [-0.2, -0.15) is 0 Å². The Labute approximate surface area is 221 Å². The number of anilines is 2. The van der Waals surface area contributed by atoms with Crippen molar-refractivity contribution in [2.45, 2.75) is 50.7 Å². The molecule has 2 fully saturated rings. The number of carbonyl (C=O) groups is 1. The first-order valence-corrected chi connectivity index (χ1v) is 13.0. The first-order valence-electron chi connectivity index (χ1n) is 12.7. The van der Waals surface area contributed by atoms with E-state index in [0.29, 0.717) is 48.4 Å². The number of ether oxygens (including phenoxy) is 3. The van der Waals surface area contributed by atoms with E-state index in [1.807, 2.05) is 45.0 Å². The van der Waals surface area contributed by atoms with Crippen molar-refractivity contribution in [3.05, 3.63) is 58.5 Å². The number of nitrogens with one attached hydrogen (secondary N) is 3. The van der Waals surface area contributed by atoms with Gasteiger partial charge in [0, 0.05) is 40.1 Å². The summed E-state index contributed by atoms with van der Waals surface area (Å²) in [5, 5.41) is 7.28. The van der Waals surface area contributed by atoms with Crippen LogP contribution < -0.4 is 15.4 Å². The largest absolute Gasteiger partial charge is 0.488 e. The Morgan fingerprint density at radius 2 is 2.11 bits per heavy atom. The summed E-state index contributed by atoms with van der Waals surface area (Å²) in [7, 11) is 0. The molecule has 194 valence electrons. The lowest BCUT2D eigenvalue weighted by atomic mass is 9.93. The van der Waals surface area contributed by atoms with E-state index in [-0.39, 0.29) is 23.0 Å². The van der Waals surface area contributed by atoms with Crippen LogP contribution in [-0.2, 0) is 14.9 Å². The first-order chi connectivity index (χ1) is 17.8. The minimum absolute atomic E-state index is 0.0462. The summed E-state index contributed by atoms with van der Waals surface area (Å²) in [5.41, 5.74) is 5.33. The summed E-state index contributed by atoms with van der Waals surface area (Å²) in [6, 6.07) is 7.62. The van der Waals surface area contributed by atoms with Gasteiger partial charge in [0.05, 0.1) is 42.0 Å². The van der Waals surface area contributed by atoms with Crippen molar-refractivity contribution in [1.82, 2.24) is 15.3 Å². The number of H-pyrrole nitrogens is 1. The van der Waals surface area contributed by atoms with Gasteiger partial charge in [0.15, 0.2) is 0 Å². The minimum Gasteiger partial charge on any atom is -0.488 e. The van der Waals surface area contributed by atoms with Crippen molar-refractivity contribution in [1.29, 1.82) is 0 Å². The number of rotatable bonds is 6. The third kappa shape index (κ3) is 4.47. The van der Waals surface area contributed by atoms with Crippen LogP contribution in [0.2, 0.25) is 5.02 Å². The molecule has 2 aromatic heterocycles. The minimum atomic E-state index is -0.294. The Morgan fingerprint density at radius 1 is 1.27 bits per heavy atom. The quantitative estimate of drug-likeness (QED) is 0.415. The average Bonchev–Trinajstić information content (AvgIpc) is 3.56. The topological polar surface area (TPSA) is 97.5 Å². The summed E-state index contributed by atoms with van der Waals surface area (Å²) >= 11 is 6.42. The van der Waals surface area contributed by atoms with Crippen LogP contribution in [0.5, 0.6) is 5.75 Å². The van der Waals surface area contributed by atoms with Gasteiger partial charge in [-0.25, -0.2) is 0 Å². The van der Waals surface area contributed by atoms with E-state index >= 15 is 0 Å². The van der Waals surface area contributed by atoms with Gasteiger partial charge in [-0.05, 0) is 57.4 Å². The van der Waals surface area contributed by atoms with Crippen molar-refractivity contribution >= 4 is 28.9 Å². The first kappa shape index (κ1) is 24.3. The summed E-state index contributed by atoms with van der Waals surface area (Å²) < 4.78 is 18.1. The number of pyridine rings is 1. The van der Waals surface area contributed by atoms with Crippen molar-refractivity contribution in [3.63, 3.8) is 0 Å². The number of halogens is 1. The number of aromatic nitrogens is 2. The van der Waals surface area contributed by atoms with Crippen LogP contribution >= 0.6 is 11.6 Å². The molecule has 3 aromatic rings. The molecule has 6 rings (SSSR count). The second-order valence-electron chi connectivity index (χ2n) is 10.8. The molecule has 4 heterocycles. The Hall–Kier alpha value is -3.07. The van der Waals surface area contributed by atoms with Crippen LogP contribution in [0.4, 0.5) is 11.4 Å². The number of benzene rings is 1. The van der Waals surface area contributed by atoms with Gasteiger partial charge < -0.3 is 29.8 Å². The van der Waals surface area contributed by atoms with Crippen LogP contribution in [0.1, 0.15) is 48.3 Å².